The molecule has 24 heavy (non-hydrogen) atoms. The van der Waals surface area contributed by atoms with Gasteiger partial charge in [-0.15, -0.1) is 0 Å². The van der Waals surface area contributed by atoms with Crippen LogP contribution in [0, 0.1) is 13.8 Å². The average Bonchev–Trinajstić information content (AvgIpc) is 2.49. The van der Waals surface area contributed by atoms with Crippen LogP contribution in [0.25, 0.3) is 0 Å². The van der Waals surface area contributed by atoms with Crippen LogP contribution < -0.4 is 0 Å². The van der Waals surface area contributed by atoms with Crippen molar-refractivity contribution in [2.24, 2.45) is 0 Å². The van der Waals surface area contributed by atoms with E-state index in [2.05, 4.69) is 0 Å². The van der Waals surface area contributed by atoms with Gasteiger partial charge in [0.15, 0.2) is 0 Å². The van der Waals surface area contributed by atoms with E-state index in [1.165, 1.54) is 24.3 Å². The minimum absolute atomic E-state index is 0.178. The fourth-order valence-electron chi connectivity index (χ4n) is 1.41. The standard InChI is InChI=1S/2C7H8O3S.O.Zr/c2*1-6-2-4-7(5-3-6)11(8,9)10;;/h2*2-5H,1H3,(H,8,9,10);;/q;;;+2/p-2. The molecule has 0 aromatic heterocycles. The molecule has 0 fully saturated rings. The zero-order valence-corrected chi connectivity index (χ0v) is 16.9. The van der Waals surface area contributed by atoms with E-state index >= 15 is 0 Å². The second-order valence-electron chi connectivity index (χ2n) is 4.53. The average molecular weight is 450 g/mol. The van der Waals surface area contributed by atoms with Crippen LogP contribution in [0.4, 0.5) is 0 Å². The Morgan fingerprint density at radius 1 is 0.625 bits per heavy atom. The quantitative estimate of drug-likeness (QED) is 0.637. The van der Waals surface area contributed by atoms with Crippen LogP contribution in [0.5, 0.6) is 0 Å². The fourth-order valence-corrected chi connectivity index (χ4v) is 2.35. The van der Waals surface area contributed by atoms with Gasteiger partial charge in [-0.2, -0.15) is 0 Å². The molecule has 0 amide bonds. The summed E-state index contributed by atoms with van der Waals surface area (Å²) in [4.78, 5) is -0.355. The van der Waals surface area contributed by atoms with Gasteiger partial charge in [-0.3, -0.25) is 0 Å². The Labute approximate surface area is 156 Å². The van der Waals surface area contributed by atoms with Crippen LogP contribution in [0.3, 0.4) is 0 Å². The SMILES string of the molecule is Cc1ccc(S(=O)(=O)[O-])cc1.Cc1ccc(S(=O)(=O)[O-])cc1.[O]=[Zr+2]. The van der Waals surface area contributed by atoms with E-state index < -0.39 is 20.2 Å². The van der Waals surface area contributed by atoms with Crippen molar-refractivity contribution in [2.45, 2.75) is 23.6 Å². The Bertz CT molecular complexity index is 770. The van der Waals surface area contributed by atoms with E-state index in [0.717, 1.165) is 11.1 Å². The van der Waals surface area contributed by atoms with E-state index in [4.69, 9.17) is 2.81 Å². The molecule has 2 rings (SSSR count). The number of hydrogen-bond acceptors (Lipinski definition) is 7. The Morgan fingerprint density at radius 3 is 1.00 bits per heavy atom. The van der Waals surface area contributed by atoms with Crippen molar-refractivity contribution < 1.29 is 53.5 Å². The molecule has 0 atom stereocenters. The van der Waals surface area contributed by atoms with Gasteiger partial charge in [0.2, 0.25) is 0 Å². The molecule has 0 aliphatic carbocycles. The van der Waals surface area contributed by atoms with Gasteiger partial charge in [0.05, 0.1) is 9.79 Å². The van der Waals surface area contributed by atoms with Crippen molar-refractivity contribution in [1.82, 2.24) is 0 Å². The Hall–Kier alpha value is -1.06. The summed E-state index contributed by atoms with van der Waals surface area (Å²) in [5.74, 6) is 0. The predicted molar refractivity (Wildman–Crippen MR) is 79.0 cm³/mol. The molecule has 0 heterocycles. The van der Waals surface area contributed by atoms with E-state index in [-0.39, 0.29) is 9.79 Å². The maximum absolute atomic E-state index is 10.4. The van der Waals surface area contributed by atoms with Crippen LogP contribution in [-0.2, 0) is 47.8 Å². The van der Waals surface area contributed by atoms with E-state index in [1.807, 2.05) is 13.8 Å². The molecule has 0 spiro atoms. The summed E-state index contributed by atoms with van der Waals surface area (Å²) in [6.07, 6.45) is 0. The van der Waals surface area contributed by atoms with Gasteiger partial charge in [0.1, 0.15) is 20.2 Å². The second-order valence-corrected chi connectivity index (χ2v) is 7.29. The van der Waals surface area contributed by atoms with Crippen LogP contribution >= 0.6 is 0 Å². The van der Waals surface area contributed by atoms with Crippen molar-refractivity contribution in [2.75, 3.05) is 0 Å². The molecule has 0 saturated heterocycles. The molecule has 2 aromatic carbocycles. The molecule has 0 radical (unpaired) electrons. The van der Waals surface area contributed by atoms with Crippen molar-refractivity contribution in [3.05, 3.63) is 59.7 Å². The topological polar surface area (TPSA) is 131 Å². The monoisotopic (exact) mass is 448 g/mol. The molecule has 0 aliphatic heterocycles. The van der Waals surface area contributed by atoms with Crippen LogP contribution in [0.2, 0.25) is 0 Å². The van der Waals surface area contributed by atoms with Gasteiger partial charge < -0.3 is 9.11 Å². The van der Waals surface area contributed by atoms with Crippen molar-refractivity contribution in [3.63, 3.8) is 0 Å². The van der Waals surface area contributed by atoms with Gasteiger partial charge >= 0.3 is 27.5 Å². The Morgan fingerprint density at radius 2 is 0.833 bits per heavy atom. The summed E-state index contributed by atoms with van der Waals surface area (Å²) in [5, 5.41) is 0. The summed E-state index contributed by atoms with van der Waals surface area (Å²) < 4.78 is 70.7. The molecule has 0 bridgehead atoms. The number of rotatable bonds is 2. The Kier molecular flexibility index (Phi) is 9.61. The third-order valence-corrected chi connectivity index (χ3v) is 4.32. The first-order valence-electron chi connectivity index (χ1n) is 6.26. The first-order valence-corrected chi connectivity index (χ1v) is 10.1. The first-order chi connectivity index (χ1) is 11.0. The first kappa shape index (κ1) is 22.9. The Balaban J connectivity index is 0.000000400. The van der Waals surface area contributed by atoms with Crippen LogP contribution in [-0.4, -0.2) is 25.9 Å². The number of hydrogen-bond donors (Lipinski definition) is 0. The zero-order chi connectivity index (χ0) is 19.0. The zero-order valence-electron chi connectivity index (χ0n) is 12.8. The third-order valence-electron chi connectivity index (χ3n) is 2.62. The van der Waals surface area contributed by atoms with E-state index in [0.29, 0.717) is 24.7 Å². The molecular formula is C14H14O7S2Zr. The summed E-state index contributed by atoms with van der Waals surface area (Å²) in [6.45, 7) is 3.64. The molecule has 0 unspecified atom stereocenters. The summed E-state index contributed by atoms with van der Waals surface area (Å²) >= 11 is 0.300. The molecule has 128 valence electrons. The second kappa shape index (κ2) is 10.1. The molecular weight excluding hydrogens is 436 g/mol. The summed E-state index contributed by atoms with van der Waals surface area (Å²) in [5.41, 5.74) is 1.86. The minimum atomic E-state index is -4.27. The maximum atomic E-state index is 10.4. The van der Waals surface area contributed by atoms with Gasteiger partial charge in [0.25, 0.3) is 0 Å². The molecule has 10 heteroatoms. The summed E-state index contributed by atoms with van der Waals surface area (Å²) in [6, 6.07) is 11.6. The summed E-state index contributed by atoms with van der Waals surface area (Å²) in [7, 11) is -8.54. The van der Waals surface area contributed by atoms with Crippen molar-refractivity contribution in [3.8, 4) is 0 Å². The number of aryl methyl sites for hydroxylation is 2. The molecule has 2 aromatic rings. The van der Waals surface area contributed by atoms with E-state index in [9.17, 15) is 25.9 Å². The third kappa shape index (κ3) is 8.70. The van der Waals surface area contributed by atoms with Gasteiger partial charge in [0, 0.05) is 0 Å². The molecule has 0 saturated carbocycles. The van der Waals surface area contributed by atoms with E-state index in [1.54, 1.807) is 24.3 Å². The van der Waals surface area contributed by atoms with Gasteiger partial charge in [-0.1, -0.05) is 35.4 Å². The molecule has 7 nitrogen and oxygen atoms in total. The molecule has 0 N–H and O–H groups in total. The van der Waals surface area contributed by atoms with Crippen molar-refractivity contribution >= 4 is 20.2 Å². The normalized spacial score (nSPS) is 10.8. The van der Waals surface area contributed by atoms with Crippen LogP contribution in [0.1, 0.15) is 11.1 Å². The fraction of sp³-hybridized carbons (Fsp3) is 0.143. The predicted octanol–water partition coefficient (Wildman–Crippen LogP) is 1.68. The number of benzene rings is 2. The van der Waals surface area contributed by atoms with Gasteiger partial charge in [-0.25, -0.2) is 16.8 Å². The van der Waals surface area contributed by atoms with Crippen LogP contribution in [0.15, 0.2) is 58.3 Å². The molecule has 0 aliphatic rings. The van der Waals surface area contributed by atoms with Gasteiger partial charge in [-0.05, 0) is 38.1 Å². The van der Waals surface area contributed by atoms with Crippen molar-refractivity contribution in [1.29, 1.82) is 0 Å².